The second-order valence-electron chi connectivity index (χ2n) is 6.04. The van der Waals surface area contributed by atoms with E-state index in [1.165, 1.54) is 29.8 Å². The maximum atomic E-state index is 12.3. The molecule has 144 valence electrons. The normalized spacial score (nSPS) is 13.4. The van der Waals surface area contributed by atoms with Gasteiger partial charge in [-0.25, -0.2) is 9.78 Å². The molecule has 5 nitrogen and oxygen atoms in total. The fourth-order valence-electron chi connectivity index (χ4n) is 2.73. The van der Waals surface area contributed by atoms with E-state index in [9.17, 15) is 18.0 Å². The van der Waals surface area contributed by atoms with Gasteiger partial charge in [-0.1, -0.05) is 6.07 Å². The van der Waals surface area contributed by atoms with Crippen LogP contribution in [0.4, 0.5) is 29.5 Å². The van der Waals surface area contributed by atoms with Crippen LogP contribution >= 0.6 is 11.8 Å². The van der Waals surface area contributed by atoms with E-state index in [4.69, 9.17) is 0 Å². The first kappa shape index (κ1) is 19.3. The molecule has 3 rings (SSSR count). The third kappa shape index (κ3) is 6.06. The molecule has 0 radical (unpaired) electrons. The Hall–Kier alpha value is -2.42. The highest BCUT2D eigenvalue weighted by Gasteiger charge is 2.29. The minimum absolute atomic E-state index is 0.0700. The van der Waals surface area contributed by atoms with Gasteiger partial charge in [-0.2, -0.15) is 13.2 Å². The Kier molecular flexibility index (Phi) is 6.10. The molecule has 1 aromatic carbocycles. The maximum absolute atomic E-state index is 12.3. The van der Waals surface area contributed by atoms with Crippen LogP contribution in [-0.2, 0) is 12.8 Å². The molecule has 9 heteroatoms. The standard InChI is InChI=1S/C18H19F3N4OS/c19-18(20,21)27-15-7-5-13(6-8-15)25-17(26)23-11-9-14-4-3-12-2-1-10-22-16(12)24-14/h3-8H,1-2,9-11H2,(H,22,24)(H2,23,25,26). The highest BCUT2D eigenvalue weighted by atomic mass is 32.2. The van der Waals surface area contributed by atoms with Crippen molar-refractivity contribution >= 4 is 29.3 Å². The maximum Gasteiger partial charge on any atom is 0.446 e. The van der Waals surface area contributed by atoms with Crippen LogP contribution in [0.2, 0.25) is 0 Å². The lowest BCUT2D eigenvalue weighted by molar-refractivity contribution is -0.0328. The van der Waals surface area contributed by atoms with Gasteiger partial charge >= 0.3 is 11.5 Å². The van der Waals surface area contributed by atoms with Crippen LogP contribution in [0.1, 0.15) is 17.7 Å². The molecule has 2 aromatic rings. The first-order valence-electron chi connectivity index (χ1n) is 8.52. The molecule has 0 spiro atoms. The molecule has 2 amide bonds. The number of hydrogen-bond acceptors (Lipinski definition) is 4. The molecule has 2 heterocycles. The molecule has 0 fully saturated rings. The number of alkyl halides is 3. The average molecular weight is 396 g/mol. The Morgan fingerprint density at radius 3 is 2.70 bits per heavy atom. The van der Waals surface area contributed by atoms with Crippen LogP contribution in [0.25, 0.3) is 0 Å². The number of hydrogen-bond donors (Lipinski definition) is 3. The number of thioether (sulfide) groups is 1. The Bertz CT molecular complexity index is 796. The predicted octanol–water partition coefficient (Wildman–Crippen LogP) is 4.42. The van der Waals surface area contributed by atoms with Crippen molar-refractivity contribution in [2.45, 2.75) is 29.7 Å². The van der Waals surface area contributed by atoms with Gasteiger partial charge in [0.1, 0.15) is 5.82 Å². The summed E-state index contributed by atoms with van der Waals surface area (Å²) in [6.07, 6.45) is 2.71. The number of urea groups is 1. The number of carbonyl (C=O) groups excluding carboxylic acids is 1. The number of nitrogens with one attached hydrogen (secondary N) is 3. The van der Waals surface area contributed by atoms with Gasteiger partial charge in [-0.3, -0.25) is 0 Å². The van der Waals surface area contributed by atoms with E-state index in [-0.39, 0.29) is 16.7 Å². The van der Waals surface area contributed by atoms with Crippen molar-refractivity contribution in [2.75, 3.05) is 23.7 Å². The molecule has 3 N–H and O–H groups in total. The molecule has 1 aliphatic rings. The summed E-state index contributed by atoms with van der Waals surface area (Å²) in [5, 5.41) is 8.58. The molecule has 27 heavy (non-hydrogen) atoms. The second kappa shape index (κ2) is 8.51. The fraction of sp³-hybridized carbons (Fsp3) is 0.333. The highest BCUT2D eigenvalue weighted by molar-refractivity contribution is 8.00. The molecule has 0 unspecified atom stereocenters. The zero-order chi connectivity index (χ0) is 19.3. The summed E-state index contributed by atoms with van der Waals surface area (Å²) in [5.74, 6) is 0.917. The molecule has 0 bridgehead atoms. The Balaban J connectivity index is 1.44. The summed E-state index contributed by atoms with van der Waals surface area (Å²) < 4.78 is 36.9. The number of aromatic nitrogens is 1. The number of benzene rings is 1. The van der Waals surface area contributed by atoms with Gasteiger partial charge < -0.3 is 16.0 Å². The van der Waals surface area contributed by atoms with Crippen LogP contribution in [0.5, 0.6) is 0 Å². The van der Waals surface area contributed by atoms with Gasteiger partial charge in [-0.05, 0) is 60.5 Å². The van der Waals surface area contributed by atoms with Gasteiger partial charge in [0.25, 0.3) is 0 Å². The topological polar surface area (TPSA) is 66.0 Å². The van der Waals surface area contributed by atoms with Crippen LogP contribution < -0.4 is 16.0 Å². The molecule has 0 aliphatic carbocycles. The summed E-state index contributed by atoms with van der Waals surface area (Å²) in [4.78, 5) is 16.5. The largest absolute Gasteiger partial charge is 0.446 e. The molecule has 1 aliphatic heterocycles. The number of amides is 2. The number of nitrogens with zero attached hydrogens (tertiary/aromatic N) is 1. The van der Waals surface area contributed by atoms with Crippen LogP contribution in [0.15, 0.2) is 41.3 Å². The fourth-order valence-corrected chi connectivity index (χ4v) is 3.27. The van der Waals surface area contributed by atoms with Crippen molar-refractivity contribution in [2.24, 2.45) is 0 Å². The third-order valence-corrected chi connectivity index (χ3v) is 4.70. The van der Waals surface area contributed by atoms with Crippen molar-refractivity contribution in [1.29, 1.82) is 0 Å². The number of aryl methyl sites for hydroxylation is 1. The first-order chi connectivity index (χ1) is 12.9. The summed E-state index contributed by atoms with van der Waals surface area (Å²) in [5.41, 5.74) is -1.80. The number of pyridine rings is 1. The number of anilines is 2. The van der Waals surface area contributed by atoms with Crippen LogP contribution in [0.3, 0.4) is 0 Å². The zero-order valence-corrected chi connectivity index (χ0v) is 15.2. The predicted molar refractivity (Wildman–Crippen MR) is 100 cm³/mol. The number of rotatable bonds is 5. The second-order valence-corrected chi connectivity index (χ2v) is 7.18. The molecule has 0 atom stereocenters. The van der Waals surface area contributed by atoms with Gasteiger partial charge in [0, 0.05) is 35.8 Å². The number of carbonyl (C=O) groups is 1. The lowest BCUT2D eigenvalue weighted by atomic mass is 10.1. The Morgan fingerprint density at radius 2 is 1.96 bits per heavy atom. The van der Waals surface area contributed by atoms with Gasteiger partial charge in [-0.15, -0.1) is 0 Å². The van der Waals surface area contributed by atoms with E-state index in [0.29, 0.717) is 18.7 Å². The summed E-state index contributed by atoms with van der Waals surface area (Å²) in [7, 11) is 0. The van der Waals surface area contributed by atoms with Crippen molar-refractivity contribution < 1.29 is 18.0 Å². The molecule has 0 saturated heterocycles. The minimum atomic E-state index is -4.33. The van der Waals surface area contributed by atoms with E-state index < -0.39 is 11.5 Å². The number of fused-ring (bicyclic) bond motifs is 1. The van der Waals surface area contributed by atoms with E-state index in [1.807, 2.05) is 6.07 Å². The third-order valence-electron chi connectivity index (χ3n) is 3.96. The smallest absolute Gasteiger partial charge is 0.370 e. The molecular weight excluding hydrogens is 377 g/mol. The van der Waals surface area contributed by atoms with Crippen molar-refractivity contribution in [3.63, 3.8) is 0 Å². The van der Waals surface area contributed by atoms with Gasteiger partial charge in [0.2, 0.25) is 0 Å². The monoisotopic (exact) mass is 396 g/mol. The Labute approximate surface area is 159 Å². The summed E-state index contributed by atoms with van der Waals surface area (Å²) in [6.45, 7) is 1.32. The van der Waals surface area contributed by atoms with E-state index in [1.54, 1.807) is 0 Å². The van der Waals surface area contributed by atoms with E-state index in [0.717, 1.165) is 30.9 Å². The lowest BCUT2D eigenvalue weighted by Crippen LogP contribution is -2.30. The zero-order valence-electron chi connectivity index (χ0n) is 14.4. The highest BCUT2D eigenvalue weighted by Crippen LogP contribution is 2.37. The van der Waals surface area contributed by atoms with Crippen molar-refractivity contribution in [3.8, 4) is 0 Å². The van der Waals surface area contributed by atoms with E-state index >= 15 is 0 Å². The molecule has 0 saturated carbocycles. The first-order valence-corrected chi connectivity index (χ1v) is 9.34. The van der Waals surface area contributed by atoms with Gasteiger partial charge in [0.15, 0.2) is 0 Å². The minimum Gasteiger partial charge on any atom is -0.370 e. The van der Waals surface area contributed by atoms with Gasteiger partial charge in [0.05, 0.1) is 0 Å². The molecule has 1 aromatic heterocycles. The summed E-state index contributed by atoms with van der Waals surface area (Å²) in [6, 6.07) is 9.11. The van der Waals surface area contributed by atoms with Crippen LogP contribution in [0, 0.1) is 0 Å². The van der Waals surface area contributed by atoms with Crippen molar-refractivity contribution in [3.05, 3.63) is 47.7 Å². The lowest BCUT2D eigenvalue weighted by Gasteiger charge is -2.17. The SMILES string of the molecule is O=C(NCCc1ccc2c(n1)NCCC2)Nc1ccc(SC(F)(F)F)cc1. The average Bonchev–Trinajstić information content (AvgIpc) is 2.62. The summed E-state index contributed by atoms with van der Waals surface area (Å²) >= 11 is -0.191. The molecular formula is C18H19F3N4OS. The van der Waals surface area contributed by atoms with Crippen LogP contribution in [-0.4, -0.2) is 29.6 Å². The quantitative estimate of drug-likeness (QED) is 0.655. The van der Waals surface area contributed by atoms with E-state index in [2.05, 4.69) is 27.0 Å². The van der Waals surface area contributed by atoms with Crippen molar-refractivity contribution in [1.82, 2.24) is 10.3 Å². The number of halogens is 3. The Morgan fingerprint density at radius 1 is 1.19 bits per heavy atom.